The second-order valence-corrected chi connectivity index (χ2v) is 4.97. The van der Waals surface area contributed by atoms with Crippen LogP contribution >= 0.6 is 0 Å². The van der Waals surface area contributed by atoms with Crippen LogP contribution < -0.4 is 9.47 Å². The van der Waals surface area contributed by atoms with Gasteiger partial charge in [-0.05, 0) is 12.1 Å². The molecule has 2 rings (SSSR count). The highest BCUT2D eigenvalue weighted by molar-refractivity contribution is 5.99. The third-order valence-electron chi connectivity index (χ3n) is 3.43. The highest BCUT2D eigenvalue weighted by Crippen LogP contribution is 2.35. The van der Waals surface area contributed by atoms with E-state index in [9.17, 15) is 27.5 Å². The molecule has 132 valence electrons. The zero-order chi connectivity index (χ0) is 18.1. The molecule has 0 radical (unpaired) electrons. The molecule has 1 N–H and O–H groups in total. The van der Waals surface area contributed by atoms with Gasteiger partial charge in [0.1, 0.15) is 17.2 Å². The van der Waals surface area contributed by atoms with Crippen LogP contribution in [0.4, 0.5) is 17.6 Å². The molecule has 0 spiro atoms. The summed E-state index contributed by atoms with van der Waals surface area (Å²) in [5.41, 5.74) is -4.36. The smallest absolute Gasteiger partial charge is 0.287 e. The Morgan fingerprint density at radius 2 is 1.75 bits per heavy atom. The molecular weight excluding hydrogens is 336 g/mol. The summed E-state index contributed by atoms with van der Waals surface area (Å²) in [7, 11) is 2.61. The van der Waals surface area contributed by atoms with Crippen LogP contribution in [0.15, 0.2) is 23.3 Å². The van der Waals surface area contributed by atoms with Gasteiger partial charge in [-0.25, -0.2) is 17.6 Å². The summed E-state index contributed by atoms with van der Waals surface area (Å²) in [5.74, 6) is -0.836. The molecule has 0 saturated carbocycles. The molecule has 0 aromatic heterocycles. The largest absolute Gasteiger partial charge is 0.497 e. The van der Waals surface area contributed by atoms with Gasteiger partial charge in [0, 0.05) is 18.1 Å². The molecule has 1 aromatic rings. The molecule has 1 unspecified atom stereocenters. The van der Waals surface area contributed by atoms with Crippen molar-refractivity contribution in [3.63, 3.8) is 0 Å². The zero-order valence-corrected chi connectivity index (χ0v) is 12.7. The van der Waals surface area contributed by atoms with Crippen molar-refractivity contribution in [1.82, 2.24) is 5.01 Å². The number of hydrogen-bond acceptors (Lipinski definition) is 5. The van der Waals surface area contributed by atoms with Crippen molar-refractivity contribution in [2.75, 3.05) is 14.2 Å². The van der Waals surface area contributed by atoms with Crippen LogP contribution in [-0.4, -0.2) is 54.5 Å². The fourth-order valence-corrected chi connectivity index (χ4v) is 2.16. The normalized spacial score (nSPS) is 20.5. The fourth-order valence-electron chi connectivity index (χ4n) is 2.16. The molecule has 0 fully saturated rings. The van der Waals surface area contributed by atoms with Crippen LogP contribution in [0.2, 0.25) is 0 Å². The molecule has 24 heavy (non-hydrogen) atoms. The average molecular weight is 350 g/mol. The topological polar surface area (TPSA) is 71.4 Å². The van der Waals surface area contributed by atoms with Crippen molar-refractivity contribution < 1.29 is 36.9 Å². The Morgan fingerprint density at radius 1 is 1.21 bits per heavy atom. The molecule has 10 heteroatoms. The predicted molar refractivity (Wildman–Crippen MR) is 74.7 cm³/mol. The molecule has 1 aromatic carbocycles. The lowest BCUT2D eigenvalue weighted by molar-refractivity contribution is -0.164. The summed E-state index contributed by atoms with van der Waals surface area (Å²) < 4.78 is 61.8. The van der Waals surface area contributed by atoms with Gasteiger partial charge in [-0.3, -0.25) is 4.79 Å². The summed E-state index contributed by atoms with van der Waals surface area (Å²) in [5, 5.41) is 13.1. The number of rotatable bonds is 5. The summed E-state index contributed by atoms with van der Waals surface area (Å²) in [6, 6.07) is 3.80. The maximum absolute atomic E-state index is 13.2. The van der Waals surface area contributed by atoms with E-state index >= 15 is 0 Å². The molecule has 1 aliphatic rings. The number of ether oxygens (including phenoxy) is 2. The number of carbonyl (C=O) groups excluding carboxylic acids is 1. The van der Waals surface area contributed by atoms with Crippen molar-refractivity contribution in [3.05, 3.63) is 23.8 Å². The summed E-state index contributed by atoms with van der Waals surface area (Å²) in [6.07, 6.45) is -7.81. The van der Waals surface area contributed by atoms with Crippen LogP contribution in [0.1, 0.15) is 16.8 Å². The first-order chi connectivity index (χ1) is 11.2. The number of amides is 1. The first-order valence-electron chi connectivity index (χ1n) is 6.66. The number of alkyl halides is 4. The van der Waals surface area contributed by atoms with Crippen LogP contribution in [0.25, 0.3) is 0 Å². The zero-order valence-electron chi connectivity index (χ0n) is 12.7. The summed E-state index contributed by atoms with van der Waals surface area (Å²) >= 11 is 0. The van der Waals surface area contributed by atoms with Crippen LogP contribution in [-0.2, 0) is 0 Å². The second-order valence-electron chi connectivity index (χ2n) is 4.97. The molecule has 1 amide bonds. The van der Waals surface area contributed by atoms with Crippen molar-refractivity contribution in [2.24, 2.45) is 5.10 Å². The van der Waals surface area contributed by atoms with E-state index in [4.69, 9.17) is 9.47 Å². The Kier molecular flexibility index (Phi) is 4.97. The van der Waals surface area contributed by atoms with E-state index in [0.29, 0.717) is 0 Å². The van der Waals surface area contributed by atoms with Gasteiger partial charge in [0.2, 0.25) is 5.72 Å². The maximum Gasteiger partial charge on any atom is 0.287 e. The minimum Gasteiger partial charge on any atom is -0.497 e. The van der Waals surface area contributed by atoms with Crippen molar-refractivity contribution in [3.8, 4) is 11.5 Å². The van der Waals surface area contributed by atoms with Gasteiger partial charge in [0.15, 0.2) is 0 Å². The Morgan fingerprint density at radius 3 is 2.17 bits per heavy atom. The fraction of sp³-hybridized carbons (Fsp3) is 0.429. The lowest BCUT2D eigenvalue weighted by Crippen LogP contribution is -2.51. The van der Waals surface area contributed by atoms with Gasteiger partial charge in [0.05, 0.1) is 14.2 Å². The summed E-state index contributed by atoms with van der Waals surface area (Å²) in [4.78, 5) is 12.4. The number of carbonyl (C=O) groups is 1. The van der Waals surface area contributed by atoms with E-state index < -0.39 is 36.6 Å². The molecule has 1 atom stereocenters. The first-order valence-corrected chi connectivity index (χ1v) is 6.66. The average Bonchev–Trinajstić information content (AvgIpc) is 2.93. The Bertz CT molecular complexity index is 646. The number of nitrogens with zero attached hydrogens (tertiary/aromatic N) is 2. The number of benzene rings is 1. The standard InChI is InChI=1S/C14H14F4N2O4/c1-23-8-3-7(4-9(5-8)24-2)12(21)20-14(22,13(17)18)6-10(19-20)11(15)16/h3-5,11,13,22H,6H2,1-2H3. The molecule has 0 aliphatic carbocycles. The predicted octanol–water partition coefficient (Wildman–Crippen LogP) is 2.12. The minimum atomic E-state index is -3.49. The van der Waals surface area contributed by atoms with E-state index in [-0.39, 0.29) is 22.1 Å². The quantitative estimate of drug-likeness (QED) is 0.826. The van der Waals surface area contributed by atoms with Gasteiger partial charge in [-0.2, -0.15) is 10.1 Å². The van der Waals surface area contributed by atoms with E-state index in [1.54, 1.807) is 0 Å². The van der Waals surface area contributed by atoms with Gasteiger partial charge >= 0.3 is 0 Å². The van der Waals surface area contributed by atoms with E-state index in [0.717, 1.165) is 0 Å². The highest BCUT2D eigenvalue weighted by atomic mass is 19.3. The molecule has 6 nitrogen and oxygen atoms in total. The van der Waals surface area contributed by atoms with Crippen molar-refractivity contribution in [1.29, 1.82) is 0 Å². The van der Waals surface area contributed by atoms with Crippen molar-refractivity contribution in [2.45, 2.75) is 25.0 Å². The highest BCUT2D eigenvalue weighted by Gasteiger charge is 2.53. The Labute approximate surface area is 134 Å². The van der Waals surface area contributed by atoms with Crippen LogP contribution in [0.5, 0.6) is 11.5 Å². The molecule has 1 aliphatic heterocycles. The molecule has 0 bridgehead atoms. The van der Waals surface area contributed by atoms with Gasteiger partial charge in [-0.15, -0.1) is 0 Å². The number of hydrazone groups is 1. The number of halogens is 4. The molecule has 0 saturated heterocycles. The van der Waals surface area contributed by atoms with E-state index in [2.05, 4.69) is 5.10 Å². The SMILES string of the molecule is COc1cc(OC)cc(C(=O)N2N=C(C(F)F)CC2(O)C(F)F)c1. The third-order valence-corrected chi connectivity index (χ3v) is 3.43. The maximum atomic E-state index is 13.2. The second kappa shape index (κ2) is 6.63. The van der Waals surface area contributed by atoms with Gasteiger partial charge < -0.3 is 14.6 Å². The molecule has 1 heterocycles. The number of aliphatic hydroxyl groups is 1. The lowest BCUT2D eigenvalue weighted by atomic mass is 10.1. The summed E-state index contributed by atoms with van der Waals surface area (Å²) in [6.45, 7) is 0. The minimum absolute atomic E-state index is 0.0205. The van der Waals surface area contributed by atoms with E-state index in [1.807, 2.05) is 0 Å². The van der Waals surface area contributed by atoms with Crippen LogP contribution in [0.3, 0.4) is 0 Å². The Hall–Kier alpha value is -2.36. The number of hydrogen-bond donors (Lipinski definition) is 1. The van der Waals surface area contributed by atoms with Crippen molar-refractivity contribution >= 4 is 11.6 Å². The van der Waals surface area contributed by atoms with E-state index in [1.165, 1.54) is 32.4 Å². The Balaban J connectivity index is 2.46. The lowest BCUT2D eigenvalue weighted by Gasteiger charge is -2.30. The van der Waals surface area contributed by atoms with Gasteiger partial charge in [0.25, 0.3) is 18.8 Å². The first kappa shape index (κ1) is 18.0. The molecular formula is C14H14F4N2O4. The van der Waals surface area contributed by atoms with Gasteiger partial charge in [-0.1, -0.05) is 0 Å². The van der Waals surface area contributed by atoms with Crippen LogP contribution in [0, 0.1) is 0 Å². The third kappa shape index (κ3) is 3.14. The number of methoxy groups -OCH3 is 2. The monoisotopic (exact) mass is 350 g/mol.